The summed E-state index contributed by atoms with van der Waals surface area (Å²) in [5, 5.41) is 10.9. The van der Waals surface area contributed by atoms with Crippen molar-refractivity contribution in [2.24, 2.45) is 29.6 Å². The summed E-state index contributed by atoms with van der Waals surface area (Å²) in [6.45, 7) is 0. The number of amides is 4. The Morgan fingerprint density at radius 2 is 1.18 bits per heavy atom. The number of benzene rings is 5. The number of nitrogens with zero attached hydrogens (tertiary/aromatic N) is 4. The number of hydrogen-bond acceptors (Lipinski definition) is 10. The van der Waals surface area contributed by atoms with Gasteiger partial charge in [-0.3, -0.25) is 29.0 Å². The number of carbonyl (C=O) groups excluding carboxylic acids is 4. The van der Waals surface area contributed by atoms with Crippen LogP contribution in [-0.4, -0.2) is 45.8 Å². The van der Waals surface area contributed by atoms with E-state index >= 15 is 0 Å². The van der Waals surface area contributed by atoms with E-state index < -0.39 is 35.5 Å². The summed E-state index contributed by atoms with van der Waals surface area (Å²) >= 11 is 7.18. The second kappa shape index (κ2) is 14.1. The molecule has 2 aliphatic carbocycles. The maximum atomic E-state index is 14.9. The van der Waals surface area contributed by atoms with Crippen LogP contribution in [0, 0.1) is 29.6 Å². The first-order valence-corrected chi connectivity index (χ1v) is 21.3. The number of aromatic hydroxyl groups is 1. The van der Waals surface area contributed by atoms with E-state index in [-0.39, 0.29) is 48.0 Å². The highest BCUT2D eigenvalue weighted by Crippen LogP contribution is 2.60. The molecule has 0 spiro atoms. The molecular formula is C47H32Br2N4O8. The van der Waals surface area contributed by atoms with Crippen molar-refractivity contribution in [2.75, 3.05) is 16.9 Å². The Balaban J connectivity index is 0.956. The molecule has 5 aromatic carbocycles. The first-order valence-electron chi connectivity index (χ1n) is 19.7. The average Bonchev–Trinajstić information content (AvgIpc) is 4.04. The molecule has 6 atom stereocenters. The van der Waals surface area contributed by atoms with E-state index in [2.05, 4.69) is 41.8 Å². The zero-order valence-corrected chi connectivity index (χ0v) is 35.3. The summed E-state index contributed by atoms with van der Waals surface area (Å²) < 4.78 is 18.3. The number of oxazole rings is 2. The van der Waals surface area contributed by atoms with Crippen LogP contribution in [0.25, 0.3) is 45.1 Å². The van der Waals surface area contributed by atoms with E-state index in [0.717, 1.165) is 11.1 Å². The van der Waals surface area contributed by atoms with Gasteiger partial charge in [-0.05, 0) is 135 Å². The molecule has 4 aliphatic rings. The van der Waals surface area contributed by atoms with Gasteiger partial charge in [0.25, 0.3) is 0 Å². The van der Waals surface area contributed by atoms with Crippen LogP contribution >= 0.6 is 31.9 Å². The van der Waals surface area contributed by atoms with Crippen LogP contribution in [0.3, 0.4) is 0 Å². The van der Waals surface area contributed by atoms with Crippen LogP contribution in [-0.2, 0) is 19.2 Å². The van der Waals surface area contributed by atoms with Gasteiger partial charge in [0.05, 0.1) is 46.6 Å². The molecule has 1 saturated carbocycles. The number of anilines is 2. The van der Waals surface area contributed by atoms with Gasteiger partial charge in [0.2, 0.25) is 35.4 Å². The van der Waals surface area contributed by atoms with Crippen molar-refractivity contribution in [2.45, 2.75) is 18.8 Å². The van der Waals surface area contributed by atoms with Gasteiger partial charge in [0, 0.05) is 21.5 Å². The lowest BCUT2D eigenvalue weighted by atomic mass is 9.57. The third-order valence-electron chi connectivity index (χ3n) is 12.7. The Hall–Kier alpha value is -6.38. The van der Waals surface area contributed by atoms with E-state index in [9.17, 15) is 24.3 Å². The Morgan fingerprint density at radius 3 is 1.72 bits per heavy atom. The normalized spacial score (nSPS) is 23.4. The SMILES string of the molecule is COc1cc([C@H]2C3=CC[C@@H]4C(=O)N(c5ccc(-c6nc7ccccc7o6)cc5)C(=O)[C@@H]4[C@@H]3C[C@H]3C(=O)N(c4ccc(-c5nc6ccccc6o5)cc4)C(=O)[C@@H]23)c(Br)c(Br)c1O. The number of para-hydroxylation sites is 4. The molecule has 11 rings (SSSR count). The summed E-state index contributed by atoms with van der Waals surface area (Å²) in [7, 11) is 1.43. The fraction of sp³-hybridized carbons (Fsp3) is 0.191. The fourth-order valence-corrected chi connectivity index (χ4v) is 10.9. The van der Waals surface area contributed by atoms with Crippen LogP contribution in [0.1, 0.15) is 24.3 Å². The van der Waals surface area contributed by atoms with Crippen LogP contribution in [0.5, 0.6) is 11.5 Å². The summed E-state index contributed by atoms with van der Waals surface area (Å²) in [5.41, 5.74) is 6.30. The van der Waals surface area contributed by atoms with E-state index in [4.69, 9.17) is 13.6 Å². The average molecular weight is 941 g/mol. The maximum absolute atomic E-state index is 14.9. The van der Waals surface area contributed by atoms with Crippen molar-refractivity contribution in [1.82, 2.24) is 9.97 Å². The largest absolute Gasteiger partial charge is 0.503 e. The number of allylic oxidation sites excluding steroid dienone is 2. The number of fused-ring (bicyclic) bond motifs is 6. The molecule has 1 N–H and O–H groups in total. The monoisotopic (exact) mass is 938 g/mol. The Morgan fingerprint density at radius 1 is 0.656 bits per heavy atom. The number of imide groups is 2. The standard InChI is InChI=1S/C47H32Br2N4O8/c1-59-35-21-29(39(48)40(49)41(35)54)36-26-18-19-27-37(46(57)52(44(27)55)24-14-10-22(11-15-24)42-50-31-6-2-4-8-33(31)60-42)28(26)20-30-38(36)47(58)53(45(30)56)25-16-12-23(13-17-25)43-51-32-7-3-5-9-34(32)61-43/h2-18,21,27-28,30,36-38,54H,19-20H2,1H3/t27-,28+,30+,36+,37-,38+/m0/s1. The molecule has 4 heterocycles. The predicted octanol–water partition coefficient (Wildman–Crippen LogP) is 9.59. The molecule has 0 radical (unpaired) electrons. The molecule has 302 valence electrons. The summed E-state index contributed by atoms with van der Waals surface area (Å²) in [6.07, 6.45) is 2.43. The molecule has 3 fully saturated rings. The molecule has 0 bridgehead atoms. The first kappa shape index (κ1) is 37.6. The minimum atomic E-state index is -0.858. The number of phenols is 1. The zero-order valence-electron chi connectivity index (χ0n) is 32.1. The summed E-state index contributed by atoms with van der Waals surface area (Å²) in [4.78, 5) is 70.2. The number of aromatic nitrogens is 2. The minimum Gasteiger partial charge on any atom is -0.503 e. The molecule has 4 amide bonds. The summed E-state index contributed by atoms with van der Waals surface area (Å²) in [5.74, 6) is -4.97. The van der Waals surface area contributed by atoms with Crippen LogP contribution in [0.15, 0.2) is 133 Å². The van der Waals surface area contributed by atoms with Crippen molar-refractivity contribution in [3.63, 3.8) is 0 Å². The van der Waals surface area contributed by atoms with Crippen molar-refractivity contribution in [3.05, 3.63) is 129 Å². The van der Waals surface area contributed by atoms with E-state index in [0.29, 0.717) is 65.5 Å². The number of phenolic OH excluding ortho intramolecular Hbond substituents is 1. The number of ether oxygens (including phenoxy) is 1. The highest BCUT2D eigenvalue weighted by molar-refractivity contribution is 9.13. The second-order valence-corrected chi connectivity index (χ2v) is 17.3. The molecular weight excluding hydrogens is 908 g/mol. The van der Waals surface area contributed by atoms with Gasteiger partial charge in [-0.2, -0.15) is 0 Å². The van der Waals surface area contributed by atoms with Gasteiger partial charge in [-0.15, -0.1) is 0 Å². The fourth-order valence-electron chi connectivity index (χ4n) is 9.94. The molecule has 7 aromatic rings. The van der Waals surface area contributed by atoms with Gasteiger partial charge in [-0.1, -0.05) is 35.9 Å². The van der Waals surface area contributed by atoms with Crippen LogP contribution in [0.4, 0.5) is 11.4 Å². The third-order valence-corrected chi connectivity index (χ3v) is 14.9. The van der Waals surface area contributed by atoms with Gasteiger partial charge < -0.3 is 18.7 Å². The number of rotatable bonds is 6. The van der Waals surface area contributed by atoms with E-state index in [1.54, 1.807) is 54.6 Å². The lowest BCUT2D eigenvalue weighted by Gasteiger charge is -2.44. The number of hydrogen-bond donors (Lipinski definition) is 1. The Kier molecular flexibility index (Phi) is 8.69. The Bertz CT molecular complexity index is 2980. The van der Waals surface area contributed by atoms with Gasteiger partial charge in [0.1, 0.15) is 11.0 Å². The molecule has 2 aliphatic heterocycles. The van der Waals surface area contributed by atoms with Gasteiger partial charge >= 0.3 is 0 Å². The smallest absolute Gasteiger partial charge is 0.238 e. The third kappa shape index (κ3) is 5.68. The van der Waals surface area contributed by atoms with Crippen molar-refractivity contribution >= 4 is 89.1 Å². The minimum absolute atomic E-state index is 0.136. The zero-order chi connectivity index (χ0) is 41.8. The van der Waals surface area contributed by atoms with Gasteiger partial charge in [0.15, 0.2) is 22.7 Å². The number of carbonyl (C=O) groups is 4. The summed E-state index contributed by atoms with van der Waals surface area (Å²) in [6, 6.07) is 30.5. The molecule has 2 aromatic heterocycles. The van der Waals surface area contributed by atoms with Crippen molar-refractivity contribution in [1.29, 1.82) is 0 Å². The van der Waals surface area contributed by atoms with Crippen molar-refractivity contribution < 1.29 is 37.9 Å². The lowest BCUT2D eigenvalue weighted by Crippen LogP contribution is -2.43. The number of halogens is 2. The topological polar surface area (TPSA) is 156 Å². The molecule has 12 nitrogen and oxygen atoms in total. The number of methoxy groups -OCH3 is 1. The van der Waals surface area contributed by atoms with Crippen LogP contribution in [0.2, 0.25) is 0 Å². The second-order valence-electron chi connectivity index (χ2n) is 15.8. The Labute approximate surface area is 364 Å². The maximum Gasteiger partial charge on any atom is 0.238 e. The van der Waals surface area contributed by atoms with E-state index in [1.807, 2.05) is 54.6 Å². The molecule has 14 heteroatoms. The quantitative estimate of drug-likeness (QED) is 0.126. The predicted molar refractivity (Wildman–Crippen MR) is 231 cm³/mol. The van der Waals surface area contributed by atoms with Crippen LogP contribution < -0.4 is 14.5 Å². The van der Waals surface area contributed by atoms with Gasteiger partial charge in [-0.25, -0.2) is 9.97 Å². The highest BCUT2D eigenvalue weighted by Gasteiger charge is 2.62. The first-order chi connectivity index (χ1) is 29.6. The van der Waals surface area contributed by atoms with Crippen molar-refractivity contribution in [3.8, 4) is 34.4 Å². The molecule has 0 unspecified atom stereocenters. The van der Waals surface area contributed by atoms with E-state index in [1.165, 1.54) is 16.9 Å². The molecule has 2 saturated heterocycles. The molecule has 61 heavy (non-hydrogen) atoms. The highest BCUT2D eigenvalue weighted by atomic mass is 79.9. The lowest BCUT2D eigenvalue weighted by molar-refractivity contribution is -0.126.